The number of carbonyl (C=O) groups excluding carboxylic acids is 1. The van der Waals surface area contributed by atoms with Gasteiger partial charge in [-0.1, -0.05) is 0 Å². The molecule has 0 aliphatic rings. The maximum absolute atomic E-state index is 11.7. The molecule has 0 spiro atoms. The van der Waals surface area contributed by atoms with Crippen LogP contribution in [0.3, 0.4) is 0 Å². The molecule has 0 saturated carbocycles. The van der Waals surface area contributed by atoms with Crippen molar-refractivity contribution in [3.63, 3.8) is 0 Å². The van der Waals surface area contributed by atoms with Crippen LogP contribution in [-0.2, 0) is 0 Å². The predicted molar refractivity (Wildman–Crippen MR) is 66.9 cm³/mol. The summed E-state index contributed by atoms with van der Waals surface area (Å²) in [6.45, 7) is 1.96. The number of thioether (sulfide) groups is 1. The van der Waals surface area contributed by atoms with Gasteiger partial charge in [-0.3, -0.25) is 4.79 Å². The first-order valence-corrected chi connectivity index (χ1v) is 6.36. The van der Waals surface area contributed by atoms with Gasteiger partial charge in [-0.2, -0.15) is 11.8 Å². The van der Waals surface area contributed by atoms with Crippen LogP contribution in [-0.4, -0.2) is 41.0 Å². The molecular formula is C10H16N4OS. The van der Waals surface area contributed by atoms with Crippen LogP contribution >= 0.6 is 11.8 Å². The van der Waals surface area contributed by atoms with Crippen LogP contribution in [0.5, 0.6) is 0 Å². The molecule has 1 atom stereocenters. The number of nitrogens with zero attached hydrogens (tertiary/aromatic N) is 2. The Balaban J connectivity index is 2.59. The van der Waals surface area contributed by atoms with Gasteiger partial charge in [-0.25, -0.2) is 9.97 Å². The summed E-state index contributed by atoms with van der Waals surface area (Å²) in [5, 5.41) is 5.70. The Bertz CT molecular complexity index is 341. The van der Waals surface area contributed by atoms with Gasteiger partial charge in [0.15, 0.2) is 0 Å². The Morgan fingerprint density at radius 3 is 2.75 bits per heavy atom. The van der Waals surface area contributed by atoms with Gasteiger partial charge >= 0.3 is 0 Å². The summed E-state index contributed by atoms with van der Waals surface area (Å²) in [5.74, 6) is 1.35. The third-order valence-corrected chi connectivity index (χ3v) is 2.77. The van der Waals surface area contributed by atoms with Crippen molar-refractivity contribution in [1.29, 1.82) is 0 Å². The molecule has 2 N–H and O–H groups in total. The van der Waals surface area contributed by atoms with Crippen molar-refractivity contribution in [1.82, 2.24) is 15.3 Å². The molecule has 0 saturated heterocycles. The Morgan fingerprint density at radius 2 is 2.25 bits per heavy atom. The van der Waals surface area contributed by atoms with E-state index in [0.29, 0.717) is 11.5 Å². The van der Waals surface area contributed by atoms with E-state index in [1.807, 2.05) is 13.2 Å². The second-order valence-corrected chi connectivity index (χ2v) is 4.28. The molecule has 1 rings (SSSR count). The second-order valence-electron chi connectivity index (χ2n) is 3.37. The average molecular weight is 240 g/mol. The third-order valence-electron chi connectivity index (χ3n) is 1.93. The van der Waals surface area contributed by atoms with E-state index < -0.39 is 0 Å². The summed E-state index contributed by atoms with van der Waals surface area (Å²) >= 11 is 1.69. The standard InChI is InChI=1S/C10H16N4OS/c1-7(6-16-3)14-10(15)8-4-13-9(11-2)5-12-8/h4-5,7H,6H2,1-3H3,(H,11,13)(H,14,15). The van der Waals surface area contributed by atoms with Crippen molar-refractivity contribution in [2.75, 3.05) is 24.4 Å². The smallest absolute Gasteiger partial charge is 0.271 e. The SMILES string of the molecule is CNc1cnc(C(=O)NC(C)CSC)cn1. The second kappa shape index (κ2) is 6.32. The first-order valence-electron chi connectivity index (χ1n) is 4.97. The van der Waals surface area contributed by atoms with Crippen LogP contribution in [0.2, 0.25) is 0 Å². The van der Waals surface area contributed by atoms with Gasteiger partial charge in [0.1, 0.15) is 11.5 Å². The highest BCUT2D eigenvalue weighted by Gasteiger charge is 2.10. The first kappa shape index (κ1) is 12.8. The summed E-state index contributed by atoms with van der Waals surface area (Å²) in [4.78, 5) is 19.7. The fourth-order valence-electron chi connectivity index (χ4n) is 1.16. The molecule has 1 heterocycles. The number of aromatic nitrogens is 2. The zero-order valence-corrected chi connectivity index (χ0v) is 10.5. The molecule has 1 aromatic heterocycles. The van der Waals surface area contributed by atoms with Crippen LogP contribution in [0, 0.1) is 0 Å². The molecule has 16 heavy (non-hydrogen) atoms. The summed E-state index contributed by atoms with van der Waals surface area (Å²) in [7, 11) is 1.75. The molecule has 1 unspecified atom stereocenters. The summed E-state index contributed by atoms with van der Waals surface area (Å²) in [6, 6.07) is 0.133. The van der Waals surface area contributed by atoms with E-state index in [0.717, 1.165) is 5.75 Å². The Hall–Kier alpha value is -1.30. The van der Waals surface area contributed by atoms with Gasteiger partial charge in [0, 0.05) is 18.8 Å². The minimum Gasteiger partial charge on any atom is -0.372 e. The van der Waals surface area contributed by atoms with Crippen molar-refractivity contribution >= 4 is 23.5 Å². The third kappa shape index (κ3) is 3.69. The van der Waals surface area contributed by atoms with E-state index in [-0.39, 0.29) is 11.9 Å². The van der Waals surface area contributed by atoms with E-state index >= 15 is 0 Å². The summed E-state index contributed by atoms with van der Waals surface area (Å²) in [6.07, 6.45) is 5.01. The Labute approximate surface area is 99.4 Å². The number of rotatable bonds is 5. The quantitative estimate of drug-likeness (QED) is 0.803. The minimum atomic E-state index is -0.184. The molecule has 1 aromatic rings. The van der Waals surface area contributed by atoms with Crippen LogP contribution in [0.1, 0.15) is 17.4 Å². The van der Waals surface area contributed by atoms with E-state index in [2.05, 4.69) is 20.6 Å². The highest BCUT2D eigenvalue weighted by Crippen LogP contribution is 2.01. The molecule has 1 amide bonds. The van der Waals surface area contributed by atoms with Crippen LogP contribution in [0.15, 0.2) is 12.4 Å². The molecule has 0 fully saturated rings. The van der Waals surface area contributed by atoms with E-state index in [9.17, 15) is 4.79 Å². The van der Waals surface area contributed by atoms with Crippen molar-refractivity contribution < 1.29 is 4.79 Å². The van der Waals surface area contributed by atoms with Gasteiger partial charge in [-0.15, -0.1) is 0 Å². The monoisotopic (exact) mass is 240 g/mol. The number of anilines is 1. The van der Waals surface area contributed by atoms with Crippen molar-refractivity contribution in [3.8, 4) is 0 Å². The molecule has 5 nitrogen and oxygen atoms in total. The lowest BCUT2D eigenvalue weighted by Gasteiger charge is -2.11. The van der Waals surface area contributed by atoms with Gasteiger partial charge < -0.3 is 10.6 Å². The van der Waals surface area contributed by atoms with Crippen LogP contribution < -0.4 is 10.6 Å². The van der Waals surface area contributed by atoms with Crippen LogP contribution in [0.25, 0.3) is 0 Å². The molecule has 0 aliphatic carbocycles. The first-order chi connectivity index (χ1) is 7.67. The van der Waals surface area contributed by atoms with E-state index in [4.69, 9.17) is 0 Å². The topological polar surface area (TPSA) is 66.9 Å². The highest BCUT2D eigenvalue weighted by atomic mass is 32.2. The number of hydrogen-bond donors (Lipinski definition) is 2. The number of amides is 1. The predicted octanol–water partition coefficient (Wildman–Crippen LogP) is 1.000. The molecular weight excluding hydrogens is 224 g/mol. The van der Waals surface area contributed by atoms with Crippen molar-refractivity contribution in [2.45, 2.75) is 13.0 Å². The maximum Gasteiger partial charge on any atom is 0.271 e. The largest absolute Gasteiger partial charge is 0.372 e. The highest BCUT2D eigenvalue weighted by molar-refractivity contribution is 7.98. The van der Waals surface area contributed by atoms with E-state index in [1.54, 1.807) is 18.8 Å². The fraction of sp³-hybridized carbons (Fsp3) is 0.500. The number of hydrogen-bond acceptors (Lipinski definition) is 5. The van der Waals surface area contributed by atoms with Gasteiger partial charge in [0.25, 0.3) is 5.91 Å². The molecule has 0 aliphatic heterocycles. The lowest BCUT2D eigenvalue weighted by Crippen LogP contribution is -2.34. The zero-order valence-electron chi connectivity index (χ0n) is 9.65. The normalized spacial score (nSPS) is 11.9. The Kier molecular flexibility index (Phi) is 5.04. The lowest BCUT2D eigenvalue weighted by atomic mass is 10.3. The Morgan fingerprint density at radius 1 is 1.50 bits per heavy atom. The molecule has 0 bridgehead atoms. The average Bonchev–Trinajstić information content (AvgIpc) is 2.29. The molecule has 0 radical (unpaired) electrons. The minimum absolute atomic E-state index is 0.133. The lowest BCUT2D eigenvalue weighted by molar-refractivity contribution is 0.0938. The molecule has 6 heteroatoms. The fourth-order valence-corrected chi connectivity index (χ4v) is 1.75. The summed E-state index contributed by atoms with van der Waals surface area (Å²) in [5.41, 5.74) is 0.340. The number of carbonyl (C=O) groups is 1. The maximum atomic E-state index is 11.7. The zero-order chi connectivity index (χ0) is 12.0. The molecule has 88 valence electrons. The summed E-state index contributed by atoms with van der Waals surface area (Å²) < 4.78 is 0. The van der Waals surface area contributed by atoms with Crippen LogP contribution in [0.4, 0.5) is 5.82 Å². The van der Waals surface area contributed by atoms with Gasteiger partial charge in [-0.05, 0) is 13.2 Å². The van der Waals surface area contributed by atoms with Gasteiger partial charge in [0.05, 0.1) is 12.4 Å². The van der Waals surface area contributed by atoms with Crippen molar-refractivity contribution in [2.24, 2.45) is 0 Å². The van der Waals surface area contributed by atoms with Crippen molar-refractivity contribution in [3.05, 3.63) is 18.1 Å². The van der Waals surface area contributed by atoms with E-state index in [1.165, 1.54) is 12.4 Å². The molecule has 0 aromatic carbocycles. The van der Waals surface area contributed by atoms with Gasteiger partial charge in [0.2, 0.25) is 0 Å². The number of nitrogens with one attached hydrogen (secondary N) is 2.